The van der Waals surface area contributed by atoms with E-state index in [9.17, 15) is 31.3 Å². The van der Waals surface area contributed by atoms with Gasteiger partial charge >= 0.3 is 12.3 Å². The minimum Gasteiger partial charge on any atom is -0.426 e. The molecule has 1 aromatic carbocycles. The minimum absolute atomic E-state index is 0.112. The van der Waals surface area contributed by atoms with Gasteiger partial charge in [0, 0.05) is 21.3 Å². The summed E-state index contributed by atoms with van der Waals surface area (Å²) in [6.45, 7) is 0. The zero-order valence-electron chi connectivity index (χ0n) is 12.4. The third kappa shape index (κ3) is 3.03. The number of ether oxygens (including phenoxy) is 1. The lowest BCUT2D eigenvalue weighted by Crippen LogP contribution is -2.42. The van der Waals surface area contributed by atoms with Crippen LogP contribution >= 0.6 is 0 Å². The molecular weight excluding hydrogens is 355 g/mol. The minimum atomic E-state index is -5.81. The van der Waals surface area contributed by atoms with Crippen LogP contribution in [0, 0.1) is 0 Å². The summed E-state index contributed by atoms with van der Waals surface area (Å²) in [4.78, 5) is 0. The molecule has 0 spiro atoms. The van der Waals surface area contributed by atoms with E-state index in [-0.39, 0.29) is 23.3 Å². The Hall–Kier alpha value is -1.22. The number of hydrogen-bond acceptors (Lipinski definition) is 3. The summed E-state index contributed by atoms with van der Waals surface area (Å²) in [5.74, 6) is -0.646. The van der Waals surface area contributed by atoms with Gasteiger partial charge in [0.05, 0.1) is 5.60 Å². The Morgan fingerprint density at radius 1 is 1.04 bits per heavy atom. The third-order valence-electron chi connectivity index (χ3n) is 4.57. The molecule has 2 fully saturated rings. The van der Waals surface area contributed by atoms with E-state index in [0.717, 1.165) is 25.0 Å². The molecule has 2 bridgehead atoms. The van der Waals surface area contributed by atoms with Crippen LogP contribution in [0.1, 0.15) is 31.2 Å². The first kappa shape index (κ1) is 17.6. The van der Waals surface area contributed by atoms with Crippen LogP contribution in [-0.2, 0) is 16.4 Å². The van der Waals surface area contributed by atoms with Crippen molar-refractivity contribution in [1.29, 1.82) is 0 Å². The lowest BCUT2D eigenvalue weighted by molar-refractivity contribution is -0.360. The summed E-state index contributed by atoms with van der Waals surface area (Å²) in [5, 5.41) is 10.6. The standard InChI is InChI=1S/C15H15F5O3S/c16-14(17,18)15(19,20)23-10-3-1-9(2-4-10)13(21)7-11-5-6-12(8-13)24(11)22/h1-4,11-12,21H,5-8H2. The van der Waals surface area contributed by atoms with Gasteiger partial charge in [-0.3, -0.25) is 4.21 Å². The fraction of sp³-hybridized carbons (Fsp3) is 0.600. The molecule has 0 amide bonds. The zero-order valence-corrected chi connectivity index (χ0v) is 13.2. The molecule has 0 aromatic heterocycles. The van der Waals surface area contributed by atoms with Gasteiger partial charge in [-0.15, -0.1) is 0 Å². The highest BCUT2D eigenvalue weighted by atomic mass is 32.2. The first-order valence-electron chi connectivity index (χ1n) is 7.38. The van der Waals surface area contributed by atoms with Gasteiger partial charge < -0.3 is 9.84 Å². The van der Waals surface area contributed by atoms with Gasteiger partial charge in [0.25, 0.3) is 0 Å². The lowest BCUT2D eigenvalue weighted by atomic mass is 9.86. The van der Waals surface area contributed by atoms with Crippen LogP contribution in [0.25, 0.3) is 0 Å². The van der Waals surface area contributed by atoms with Crippen LogP contribution in [0.4, 0.5) is 22.0 Å². The van der Waals surface area contributed by atoms with Crippen LogP contribution in [0.15, 0.2) is 24.3 Å². The first-order valence-corrected chi connectivity index (χ1v) is 8.65. The predicted octanol–water partition coefficient (Wildman–Crippen LogP) is 3.48. The van der Waals surface area contributed by atoms with E-state index in [1.807, 2.05) is 0 Å². The fourth-order valence-corrected chi connectivity index (χ4v) is 5.52. The highest BCUT2D eigenvalue weighted by Crippen LogP contribution is 2.46. The number of halogens is 5. The van der Waals surface area contributed by atoms with E-state index in [1.165, 1.54) is 12.1 Å². The number of benzene rings is 1. The fourth-order valence-electron chi connectivity index (χ4n) is 3.36. The lowest BCUT2D eigenvalue weighted by Gasteiger charge is -2.36. The molecule has 9 heteroatoms. The predicted molar refractivity (Wildman–Crippen MR) is 76.2 cm³/mol. The van der Waals surface area contributed by atoms with Crippen molar-refractivity contribution in [1.82, 2.24) is 0 Å². The number of aliphatic hydroxyl groups is 1. The van der Waals surface area contributed by atoms with Crippen molar-refractivity contribution < 1.29 is 36.0 Å². The van der Waals surface area contributed by atoms with Gasteiger partial charge in [0.1, 0.15) is 5.75 Å². The molecule has 2 aliphatic heterocycles. The van der Waals surface area contributed by atoms with Crippen molar-refractivity contribution in [2.24, 2.45) is 0 Å². The van der Waals surface area contributed by atoms with Crippen molar-refractivity contribution in [2.75, 3.05) is 0 Å². The highest BCUT2D eigenvalue weighted by Gasteiger charge is 2.61. The van der Waals surface area contributed by atoms with Crippen LogP contribution in [0.3, 0.4) is 0 Å². The van der Waals surface area contributed by atoms with Crippen molar-refractivity contribution in [3.63, 3.8) is 0 Å². The maximum absolute atomic E-state index is 12.9. The summed E-state index contributed by atoms with van der Waals surface area (Å²) in [6.07, 6.45) is -9.00. The summed E-state index contributed by atoms with van der Waals surface area (Å²) in [7, 11) is -0.976. The maximum Gasteiger partial charge on any atom is 0.499 e. The Morgan fingerprint density at radius 2 is 1.54 bits per heavy atom. The largest absolute Gasteiger partial charge is 0.499 e. The van der Waals surface area contributed by atoms with Crippen molar-refractivity contribution in [3.05, 3.63) is 29.8 Å². The molecule has 0 aliphatic carbocycles. The summed E-state index contributed by atoms with van der Waals surface area (Å²) in [6, 6.07) is 4.49. The number of hydrogen-bond donors (Lipinski definition) is 1. The molecule has 2 unspecified atom stereocenters. The molecule has 2 aliphatic rings. The van der Waals surface area contributed by atoms with E-state index in [1.54, 1.807) is 0 Å². The van der Waals surface area contributed by atoms with Gasteiger partial charge in [-0.1, -0.05) is 12.1 Å². The smallest absolute Gasteiger partial charge is 0.426 e. The second-order valence-corrected chi connectivity index (χ2v) is 8.22. The molecule has 2 heterocycles. The molecule has 0 saturated carbocycles. The number of alkyl halides is 5. The van der Waals surface area contributed by atoms with Gasteiger partial charge in [-0.25, -0.2) is 0 Å². The molecular formula is C15H15F5O3S. The van der Waals surface area contributed by atoms with Crippen molar-refractivity contribution in [3.8, 4) is 5.75 Å². The van der Waals surface area contributed by atoms with Crippen LogP contribution in [0.5, 0.6) is 5.75 Å². The summed E-state index contributed by atoms with van der Waals surface area (Å²) < 4.78 is 77.9. The van der Waals surface area contributed by atoms with E-state index in [4.69, 9.17) is 0 Å². The number of fused-ring (bicyclic) bond motifs is 2. The highest BCUT2D eigenvalue weighted by molar-refractivity contribution is 7.86. The van der Waals surface area contributed by atoms with E-state index < -0.39 is 34.4 Å². The second-order valence-electron chi connectivity index (χ2n) is 6.23. The molecule has 24 heavy (non-hydrogen) atoms. The molecule has 134 valence electrons. The maximum atomic E-state index is 12.9. The molecule has 3 rings (SSSR count). The first-order chi connectivity index (χ1) is 11.0. The molecule has 0 radical (unpaired) electrons. The molecule has 1 N–H and O–H groups in total. The van der Waals surface area contributed by atoms with E-state index in [0.29, 0.717) is 5.56 Å². The summed E-state index contributed by atoms with van der Waals surface area (Å²) in [5.41, 5.74) is -0.844. The monoisotopic (exact) mass is 370 g/mol. The Morgan fingerprint density at radius 3 is 2.00 bits per heavy atom. The summed E-state index contributed by atoms with van der Waals surface area (Å²) >= 11 is 0. The average Bonchev–Trinajstić information content (AvgIpc) is 2.70. The van der Waals surface area contributed by atoms with Gasteiger partial charge in [-0.05, 0) is 43.4 Å². The van der Waals surface area contributed by atoms with E-state index in [2.05, 4.69) is 4.74 Å². The van der Waals surface area contributed by atoms with Crippen LogP contribution in [0.2, 0.25) is 0 Å². The van der Waals surface area contributed by atoms with Gasteiger partial charge in [0.15, 0.2) is 0 Å². The Balaban J connectivity index is 1.77. The van der Waals surface area contributed by atoms with Crippen LogP contribution in [-0.4, -0.2) is 32.1 Å². The zero-order chi connectivity index (χ0) is 17.8. The topological polar surface area (TPSA) is 46.5 Å². The number of rotatable bonds is 3. The Kier molecular flexibility index (Phi) is 4.15. The molecule has 2 saturated heterocycles. The van der Waals surface area contributed by atoms with Gasteiger partial charge in [-0.2, -0.15) is 22.0 Å². The third-order valence-corrected chi connectivity index (χ3v) is 6.68. The SMILES string of the molecule is O=S1C2CCC1CC(O)(c1ccc(OC(F)(F)C(F)(F)F)cc1)C2. The van der Waals surface area contributed by atoms with E-state index >= 15 is 0 Å². The second kappa shape index (κ2) is 5.66. The quantitative estimate of drug-likeness (QED) is 0.829. The Bertz CT molecular complexity index is 628. The normalized spacial score (nSPS) is 33.5. The molecule has 3 nitrogen and oxygen atoms in total. The van der Waals surface area contributed by atoms with Gasteiger partial charge in [0.2, 0.25) is 0 Å². The van der Waals surface area contributed by atoms with Crippen LogP contribution < -0.4 is 4.74 Å². The molecule has 1 aromatic rings. The van der Waals surface area contributed by atoms with Crippen molar-refractivity contribution in [2.45, 2.75) is 54.1 Å². The Labute approximate surface area is 137 Å². The average molecular weight is 370 g/mol. The van der Waals surface area contributed by atoms with Crippen molar-refractivity contribution >= 4 is 10.8 Å². The molecule has 2 atom stereocenters.